The van der Waals surface area contributed by atoms with Gasteiger partial charge in [-0.25, -0.2) is 4.39 Å². The van der Waals surface area contributed by atoms with E-state index >= 15 is 0 Å². The minimum atomic E-state index is -0.214. The molecule has 2 aromatic rings. The van der Waals surface area contributed by atoms with E-state index in [1.807, 2.05) is 18.2 Å². The zero-order valence-electron chi connectivity index (χ0n) is 13.0. The standard InChI is InChI=1S/C18H21FN2O2/c19-14-3-1-4-15(9-14)20-16-10-18(23-12-16)6-7-21(13-18)11-17-5-2-8-22-17/h1-5,8-9,16,20H,6-7,10-13H2/t16-,18+/m1/s1. The summed E-state index contributed by atoms with van der Waals surface area (Å²) in [6, 6.07) is 10.8. The molecule has 23 heavy (non-hydrogen) atoms. The first kappa shape index (κ1) is 14.7. The van der Waals surface area contributed by atoms with E-state index in [1.165, 1.54) is 12.1 Å². The number of likely N-dealkylation sites (tertiary alicyclic amines) is 1. The van der Waals surface area contributed by atoms with Crippen LogP contribution in [0.5, 0.6) is 0 Å². The zero-order chi connectivity index (χ0) is 15.7. The molecule has 2 fully saturated rings. The molecule has 5 heteroatoms. The number of halogens is 1. The van der Waals surface area contributed by atoms with Crippen molar-refractivity contribution in [3.05, 3.63) is 54.2 Å². The van der Waals surface area contributed by atoms with Crippen molar-refractivity contribution < 1.29 is 13.5 Å². The molecular weight excluding hydrogens is 295 g/mol. The number of anilines is 1. The van der Waals surface area contributed by atoms with E-state index in [0.29, 0.717) is 6.61 Å². The molecule has 0 unspecified atom stereocenters. The van der Waals surface area contributed by atoms with Gasteiger partial charge in [0.05, 0.1) is 31.1 Å². The van der Waals surface area contributed by atoms with Crippen molar-refractivity contribution in [2.24, 2.45) is 0 Å². The fraction of sp³-hybridized carbons (Fsp3) is 0.444. The molecule has 0 amide bonds. The van der Waals surface area contributed by atoms with E-state index in [-0.39, 0.29) is 17.5 Å². The van der Waals surface area contributed by atoms with Crippen LogP contribution >= 0.6 is 0 Å². The Morgan fingerprint density at radius 1 is 1.30 bits per heavy atom. The lowest BCUT2D eigenvalue weighted by Gasteiger charge is -2.23. The summed E-state index contributed by atoms with van der Waals surface area (Å²) < 4.78 is 24.8. The number of hydrogen-bond donors (Lipinski definition) is 1. The molecule has 4 rings (SSSR count). The Bertz CT molecular complexity index is 661. The second kappa shape index (κ2) is 5.98. The van der Waals surface area contributed by atoms with E-state index in [9.17, 15) is 4.39 Å². The largest absolute Gasteiger partial charge is 0.468 e. The monoisotopic (exact) mass is 316 g/mol. The predicted molar refractivity (Wildman–Crippen MR) is 85.7 cm³/mol. The third-order valence-electron chi connectivity index (χ3n) is 4.76. The summed E-state index contributed by atoms with van der Waals surface area (Å²) in [5, 5.41) is 3.39. The Balaban J connectivity index is 1.34. The number of rotatable bonds is 4. The van der Waals surface area contributed by atoms with Crippen LogP contribution < -0.4 is 5.32 Å². The van der Waals surface area contributed by atoms with Crippen LogP contribution in [0.3, 0.4) is 0 Å². The number of nitrogens with zero attached hydrogens (tertiary/aromatic N) is 1. The zero-order valence-corrected chi connectivity index (χ0v) is 13.0. The quantitative estimate of drug-likeness (QED) is 0.939. The maximum absolute atomic E-state index is 13.3. The molecule has 122 valence electrons. The Morgan fingerprint density at radius 2 is 2.26 bits per heavy atom. The predicted octanol–water partition coefficient (Wildman–Crippen LogP) is 3.26. The summed E-state index contributed by atoms with van der Waals surface area (Å²) in [4.78, 5) is 2.38. The van der Waals surface area contributed by atoms with E-state index in [0.717, 1.165) is 43.9 Å². The van der Waals surface area contributed by atoms with Crippen LogP contribution in [0, 0.1) is 5.82 Å². The highest BCUT2D eigenvalue weighted by Crippen LogP contribution is 2.36. The van der Waals surface area contributed by atoms with Crippen LogP contribution in [0.4, 0.5) is 10.1 Å². The van der Waals surface area contributed by atoms with Gasteiger partial charge in [-0.2, -0.15) is 0 Å². The number of benzene rings is 1. The van der Waals surface area contributed by atoms with Gasteiger partial charge in [0, 0.05) is 25.2 Å². The van der Waals surface area contributed by atoms with Gasteiger partial charge >= 0.3 is 0 Å². The number of furan rings is 1. The molecule has 0 radical (unpaired) electrons. The average Bonchev–Trinajstić information content (AvgIpc) is 3.24. The lowest BCUT2D eigenvalue weighted by molar-refractivity contribution is 0.0115. The van der Waals surface area contributed by atoms with Gasteiger partial charge in [-0.3, -0.25) is 4.90 Å². The molecule has 1 aromatic carbocycles. The van der Waals surface area contributed by atoms with Crippen LogP contribution in [0.1, 0.15) is 18.6 Å². The third-order valence-corrected chi connectivity index (χ3v) is 4.76. The van der Waals surface area contributed by atoms with Gasteiger partial charge in [0.2, 0.25) is 0 Å². The molecule has 2 saturated heterocycles. The normalized spacial score (nSPS) is 27.8. The lowest BCUT2D eigenvalue weighted by Crippen LogP contribution is -2.33. The van der Waals surface area contributed by atoms with E-state index in [2.05, 4.69) is 10.2 Å². The van der Waals surface area contributed by atoms with Crippen molar-refractivity contribution >= 4 is 5.69 Å². The summed E-state index contributed by atoms with van der Waals surface area (Å²) >= 11 is 0. The second-order valence-corrected chi connectivity index (χ2v) is 6.59. The Labute approximate surface area is 135 Å². The Hall–Kier alpha value is -1.85. The number of nitrogens with one attached hydrogen (secondary N) is 1. The summed E-state index contributed by atoms with van der Waals surface area (Å²) in [5.74, 6) is 0.781. The van der Waals surface area contributed by atoms with Crippen molar-refractivity contribution in [3.63, 3.8) is 0 Å². The SMILES string of the molecule is Fc1cccc(N[C@H]2CO[C@@]3(CCN(Cc4ccco4)C3)C2)c1. The second-order valence-electron chi connectivity index (χ2n) is 6.59. The molecule has 1 spiro atoms. The minimum absolute atomic E-state index is 0.0718. The van der Waals surface area contributed by atoms with Crippen molar-refractivity contribution in [2.45, 2.75) is 31.0 Å². The molecule has 0 bridgehead atoms. The van der Waals surface area contributed by atoms with Crippen molar-refractivity contribution in [1.29, 1.82) is 0 Å². The minimum Gasteiger partial charge on any atom is -0.468 e. The van der Waals surface area contributed by atoms with E-state index < -0.39 is 0 Å². The van der Waals surface area contributed by atoms with Crippen LogP contribution in [0.2, 0.25) is 0 Å². The van der Waals surface area contributed by atoms with Gasteiger partial charge < -0.3 is 14.5 Å². The summed E-state index contributed by atoms with van der Waals surface area (Å²) in [5.41, 5.74) is 0.749. The summed E-state index contributed by atoms with van der Waals surface area (Å²) in [6.45, 7) is 3.45. The highest BCUT2D eigenvalue weighted by Gasteiger charge is 2.45. The maximum Gasteiger partial charge on any atom is 0.125 e. The fourth-order valence-electron chi connectivity index (χ4n) is 3.72. The number of ether oxygens (including phenoxy) is 1. The topological polar surface area (TPSA) is 37.6 Å². The molecule has 0 aliphatic carbocycles. The van der Waals surface area contributed by atoms with Gasteiger partial charge in [0.1, 0.15) is 11.6 Å². The third kappa shape index (κ3) is 3.26. The van der Waals surface area contributed by atoms with Gasteiger partial charge in [0.15, 0.2) is 0 Å². The maximum atomic E-state index is 13.3. The van der Waals surface area contributed by atoms with Crippen LogP contribution in [-0.4, -0.2) is 36.2 Å². The van der Waals surface area contributed by atoms with Gasteiger partial charge in [-0.05, 0) is 36.8 Å². The fourth-order valence-corrected chi connectivity index (χ4v) is 3.72. The Kier molecular flexibility index (Phi) is 3.83. The average molecular weight is 316 g/mol. The summed E-state index contributed by atoms with van der Waals surface area (Å²) in [7, 11) is 0. The Morgan fingerprint density at radius 3 is 3.09 bits per heavy atom. The van der Waals surface area contributed by atoms with Crippen molar-refractivity contribution in [2.75, 3.05) is 25.0 Å². The first-order valence-corrected chi connectivity index (χ1v) is 8.12. The first-order chi connectivity index (χ1) is 11.2. The first-order valence-electron chi connectivity index (χ1n) is 8.12. The molecule has 1 aromatic heterocycles. The van der Waals surface area contributed by atoms with Gasteiger partial charge in [0.25, 0.3) is 0 Å². The van der Waals surface area contributed by atoms with Crippen molar-refractivity contribution in [1.82, 2.24) is 4.90 Å². The molecule has 1 N–H and O–H groups in total. The van der Waals surface area contributed by atoms with Crippen LogP contribution in [0.25, 0.3) is 0 Å². The molecule has 2 aliphatic heterocycles. The lowest BCUT2D eigenvalue weighted by atomic mass is 9.97. The highest BCUT2D eigenvalue weighted by atomic mass is 19.1. The van der Waals surface area contributed by atoms with Crippen LogP contribution in [-0.2, 0) is 11.3 Å². The molecular formula is C18H21FN2O2. The number of hydrogen-bond acceptors (Lipinski definition) is 4. The van der Waals surface area contributed by atoms with Crippen LogP contribution in [0.15, 0.2) is 47.1 Å². The van der Waals surface area contributed by atoms with Crippen molar-refractivity contribution in [3.8, 4) is 0 Å². The molecule has 2 atom stereocenters. The van der Waals surface area contributed by atoms with E-state index in [1.54, 1.807) is 12.3 Å². The van der Waals surface area contributed by atoms with Gasteiger partial charge in [-0.1, -0.05) is 6.07 Å². The molecule has 3 heterocycles. The summed E-state index contributed by atoms with van der Waals surface area (Å²) in [6.07, 6.45) is 3.71. The smallest absolute Gasteiger partial charge is 0.125 e. The molecule has 0 saturated carbocycles. The highest BCUT2D eigenvalue weighted by molar-refractivity contribution is 5.44. The molecule has 4 nitrogen and oxygen atoms in total. The van der Waals surface area contributed by atoms with Gasteiger partial charge in [-0.15, -0.1) is 0 Å². The molecule has 2 aliphatic rings. The van der Waals surface area contributed by atoms with E-state index in [4.69, 9.17) is 9.15 Å².